The Morgan fingerprint density at radius 2 is 1.70 bits per heavy atom. The van der Waals surface area contributed by atoms with Crippen LogP contribution in [0.1, 0.15) is 60.0 Å². The smallest absolute Gasteiger partial charge is 0.251 e. The van der Waals surface area contributed by atoms with Gasteiger partial charge in [-0.15, -0.1) is 0 Å². The van der Waals surface area contributed by atoms with Gasteiger partial charge in [0, 0.05) is 30.7 Å². The first-order valence-corrected chi connectivity index (χ1v) is 11.4. The van der Waals surface area contributed by atoms with Crippen molar-refractivity contribution in [2.45, 2.75) is 69.4 Å². The molecular weight excluding hydrogens is 362 g/mol. The molecule has 3 rings (SSSR count). The first kappa shape index (κ1) is 20.3. The largest absolute Gasteiger partial charge is 0.349 e. The number of nitrogens with zero attached hydrogens (tertiary/aromatic N) is 1. The van der Waals surface area contributed by atoms with E-state index in [2.05, 4.69) is 14.9 Å². The zero-order chi connectivity index (χ0) is 19.6. The Kier molecular flexibility index (Phi) is 6.23. The Morgan fingerprint density at radius 1 is 1.07 bits per heavy atom. The standard InChI is InChI=1S/C20H31N3O3S/c1-14-12-16(13-19(15(14)2)27(25,26)21-3)20(24)22-17-8-10-23(11-9-17)18-6-4-5-7-18/h12-13,17-18,21H,4-11H2,1-3H3,(H,22,24). The van der Waals surface area contributed by atoms with Gasteiger partial charge >= 0.3 is 0 Å². The predicted molar refractivity (Wildman–Crippen MR) is 106 cm³/mol. The Labute approximate surface area is 162 Å². The van der Waals surface area contributed by atoms with Gasteiger partial charge in [0.2, 0.25) is 10.0 Å². The molecule has 1 aliphatic heterocycles. The number of piperidine rings is 1. The number of hydrogen-bond acceptors (Lipinski definition) is 4. The van der Waals surface area contributed by atoms with E-state index in [0.29, 0.717) is 11.1 Å². The topological polar surface area (TPSA) is 78.5 Å². The summed E-state index contributed by atoms with van der Waals surface area (Å²) in [6, 6.07) is 4.14. The molecule has 7 heteroatoms. The lowest BCUT2D eigenvalue weighted by atomic mass is 10.0. The quantitative estimate of drug-likeness (QED) is 0.805. The summed E-state index contributed by atoms with van der Waals surface area (Å²) >= 11 is 0. The highest BCUT2D eigenvalue weighted by atomic mass is 32.2. The summed E-state index contributed by atoms with van der Waals surface area (Å²) in [7, 11) is -2.21. The molecule has 2 fully saturated rings. The highest BCUT2D eigenvalue weighted by Crippen LogP contribution is 2.26. The number of rotatable bonds is 5. The Hall–Kier alpha value is -1.44. The van der Waals surface area contributed by atoms with Gasteiger partial charge < -0.3 is 10.2 Å². The number of aryl methyl sites for hydroxylation is 1. The van der Waals surface area contributed by atoms with Crippen molar-refractivity contribution in [2.75, 3.05) is 20.1 Å². The van der Waals surface area contributed by atoms with E-state index >= 15 is 0 Å². The fraction of sp³-hybridized carbons (Fsp3) is 0.650. The van der Waals surface area contributed by atoms with E-state index in [1.54, 1.807) is 13.0 Å². The number of carbonyl (C=O) groups excluding carboxylic acids is 1. The fourth-order valence-corrected chi connectivity index (χ4v) is 5.36. The van der Waals surface area contributed by atoms with Crippen LogP contribution in [0.2, 0.25) is 0 Å². The molecule has 1 saturated heterocycles. The van der Waals surface area contributed by atoms with Crippen molar-refractivity contribution in [3.05, 3.63) is 28.8 Å². The summed E-state index contributed by atoms with van der Waals surface area (Å²) < 4.78 is 26.8. The van der Waals surface area contributed by atoms with Crippen molar-refractivity contribution < 1.29 is 13.2 Å². The minimum absolute atomic E-state index is 0.154. The number of benzene rings is 1. The molecule has 0 aromatic heterocycles. The number of carbonyl (C=O) groups is 1. The van der Waals surface area contributed by atoms with Crippen molar-refractivity contribution in [1.29, 1.82) is 0 Å². The molecule has 1 heterocycles. The van der Waals surface area contributed by atoms with Crippen LogP contribution in [0.3, 0.4) is 0 Å². The molecule has 1 aromatic carbocycles. The second-order valence-corrected chi connectivity index (χ2v) is 9.70. The molecule has 1 saturated carbocycles. The van der Waals surface area contributed by atoms with Crippen LogP contribution in [0.4, 0.5) is 0 Å². The number of amides is 1. The fourth-order valence-electron chi connectivity index (χ4n) is 4.29. The van der Waals surface area contributed by atoms with Crippen LogP contribution in [0, 0.1) is 13.8 Å². The summed E-state index contributed by atoms with van der Waals surface area (Å²) in [5.41, 5.74) is 1.88. The van der Waals surface area contributed by atoms with Gasteiger partial charge in [0.15, 0.2) is 0 Å². The van der Waals surface area contributed by atoms with Crippen LogP contribution in [0.25, 0.3) is 0 Å². The zero-order valence-corrected chi connectivity index (χ0v) is 17.4. The van der Waals surface area contributed by atoms with Gasteiger partial charge in [-0.1, -0.05) is 12.8 Å². The van der Waals surface area contributed by atoms with Crippen molar-refractivity contribution in [3.63, 3.8) is 0 Å². The SMILES string of the molecule is CNS(=O)(=O)c1cc(C(=O)NC2CCN(C3CCCC3)CC2)cc(C)c1C. The maximum absolute atomic E-state index is 12.7. The molecular formula is C20H31N3O3S. The third kappa shape index (κ3) is 4.52. The normalized spacial score (nSPS) is 20.1. The Bertz CT molecular complexity index is 793. The van der Waals surface area contributed by atoms with Crippen LogP contribution in [-0.4, -0.2) is 51.4 Å². The number of likely N-dealkylation sites (tertiary alicyclic amines) is 1. The third-order valence-electron chi connectivity index (χ3n) is 6.15. The lowest BCUT2D eigenvalue weighted by Gasteiger charge is -2.36. The molecule has 0 unspecified atom stereocenters. The van der Waals surface area contributed by atoms with Crippen molar-refractivity contribution in [1.82, 2.24) is 14.9 Å². The van der Waals surface area contributed by atoms with Crippen molar-refractivity contribution in [2.24, 2.45) is 0 Å². The molecule has 1 amide bonds. The van der Waals surface area contributed by atoms with E-state index in [1.807, 2.05) is 6.92 Å². The molecule has 2 aliphatic rings. The van der Waals surface area contributed by atoms with E-state index in [1.165, 1.54) is 38.8 Å². The van der Waals surface area contributed by atoms with Crippen LogP contribution in [-0.2, 0) is 10.0 Å². The van der Waals surface area contributed by atoms with Gasteiger partial charge in [0.25, 0.3) is 5.91 Å². The summed E-state index contributed by atoms with van der Waals surface area (Å²) in [5, 5.41) is 3.11. The summed E-state index contributed by atoms with van der Waals surface area (Å²) in [6.45, 7) is 5.66. The maximum Gasteiger partial charge on any atom is 0.251 e. The van der Waals surface area contributed by atoms with Gasteiger partial charge in [-0.3, -0.25) is 4.79 Å². The van der Waals surface area contributed by atoms with Gasteiger partial charge in [0.1, 0.15) is 0 Å². The first-order chi connectivity index (χ1) is 12.8. The average Bonchev–Trinajstić information content (AvgIpc) is 3.19. The molecule has 2 N–H and O–H groups in total. The minimum atomic E-state index is -3.59. The third-order valence-corrected chi connectivity index (χ3v) is 7.69. The summed E-state index contributed by atoms with van der Waals surface area (Å²) in [6.07, 6.45) is 7.20. The predicted octanol–water partition coefficient (Wildman–Crippen LogP) is 2.35. The monoisotopic (exact) mass is 393 g/mol. The van der Waals surface area contributed by atoms with Gasteiger partial charge in [-0.2, -0.15) is 0 Å². The molecule has 1 aliphatic carbocycles. The molecule has 0 radical (unpaired) electrons. The average molecular weight is 394 g/mol. The van der Waals surface area contributed by atoms with Crippen LogP contribution in [0.15, 0.2) is 17.0 Å². The second kappa shape index (κ2) is 8.29. The van der Waals surface area contributed by atoms with Gasteiger partial charge in [-0.25, -0.2) is 13.1 Å². The molecule has 1 aromatic rings. The second-order valence-electron chi connectivity index (χ2n) is 7.85. The van der Waals surface area contributed by atoms with Gasteiger partial charge in [-0.05, 0) is 69.8 Å². The minimum Gasteiger partial charge on any atom is -0.349 e. The molecule has 27 heavy (non-hydrogen) atoms. The van der Waals surface area contributed by atoms with E-state index in [0.717, 1.165) is 37.5 Å². The lowest BCUT2D eigenvalue weighted by Crippen LogP contribution is -2.47. The van der Waals surface area contributed by atoms with Crippen LogP contribution in [0.5, 0.6) is 0 Å². The number of hydrogen-bond donors (Lipinski definition) is 2. The number of sulfonamides is 1. The first-order valence-electron chi connectivity index (χ1n) is 9.91. The molecule has 0 spiro atoms. The van der Waals surface area contributed by atoms with Crippen molar-refractivity contribution >= 4 is 15.9 Å². The van der Waals surface area contributed by atoms with Crippen LogP contribution < -0.4 is 10.0 Å². The van der Waals surface area contributed by atoms with Gasteiger partial charge in [0.05, 0.1) is 4.90 Å². The maximum atomic E-state index is 12.7. The molecule has 0 atom stereocenters. The molecule has 6 nitrogen and oxygen atoms in total. The van der Waals surface area contributed by atoms with E-state index in [-0.39, 0.29) is 16.8 Å². The van der Waals surface area contributed by atoms with E-state index < -0.39 is 10.0 Å². The highest BCUT2D eigenvalue weighted by Gasteiger charge is 2.28. The van der Waals surface area contributed by atoms with Crippen molar-refractivity contribution in [3.8, 4) is 0 Å². The highest BCUT2D eigenvalue weighted by molar-refractivity contribution is 7.89. The van der Waals surface area contributed by atoms with E-state index in [9.17, 15) is 13.2 Å². The molecule has 150 valence electrons. The molecule has 0 bridgehead atoms. The lowest BCUT2D eigenvalue weighted by molar-refractivity contribution is 0.0892. The number of nitrogens with one attached hydrogen (secondary N) is 2. The zero-order valence-electron chi connectivity index (χ0n) is 16.5. The van der Waals surface area contributed by atoms with E-state index in [4.69, 9.17) is 0 Å². The van der Waals surface area contributed by atoms with Crippen LogP contribution >= 0.6 is 0 Å². The Balaban J connectivity index is 1.66. The Morgan fingerprint density at radius 3 is 2.30 bits per heavy atom. The summed E-state index contributed by atoms with van der Waals surface area (Å²) in [4.78, 5) is 15.5. The summed E-state index contributed by atoms with van der Waals surface area (Å²) in [5.74, 6) is -0.190.